The normalized spacial score (nSPS) is 14.2. The number of ether oxygens (including phenoxy) is 1. The lowest BCUT2D eigenvalue weighted by Gasteiger charge is -2.33. The summed E-state index contributed by atoms with van der Waals surface area (Å²) in [7, 11) is 1.55. The van der Waals surface area contributed by atoms with Crippen LogP contribution in [0.1, 0.15) is 18.4 Å². The van der Waals surface area contributed by atoms with E-state index in [0.717, 1.165) is 38.2 Å². The van der Waals surface area contributed by atoms with E-state index in [0.29, 0.717) is 27.5 Å². The van der Waals surface area contributed by atoms with Crippen molar-refractivity contribution in [3.05, 3.63) is 71.4 Å². The average Bonchev–Trinajstić information content (AvgIpc) is 2.84. The second kappa shape index (κ2) is 11.4. The lowest BCUT2D eigenvalue weighted by molar-refractivity contribution is -0.113. The van der Waals surface area contributed by atoms with E-state index in [-0.39, 0.29) is 11.7 Å². The summed E-state index contributed by atoms with van der Waals surface area (Å²) in [6.07, 6.45) is 5.19. The molecule has 1 aromatic heterocycles. The molecule has 2 heterocycles. The van der Waals surface area contributed by atoms with Gasteiger partial charge in [0, 0.05) is 25.0 Å². The minimum atomic E-state index is -0.142. The highest BCUT2D eigenvalue weighted by molar-refractivity contribution is 7.99. The van der Waals surface area contributed by atoms with Crippen molar-refractivity contribution in [2.45, 2.75) is 24.4 Å². The van der Waals surface area contributed by atoms with Gasteiger partial charge in [-0.2, -0.15) is 0 Å². The van der Waals surface area contributed by atoms with Crippen molar-refractivity contribution in [1.82, 2.24) is 9.97 Å². The first-order chi connectivity index (χ1) is 16.1. The monoisotopic (exact) mass is 482 g/mol. The SMILES string of the molecule is COc1ccc(NC(=O)CSc2nccc(N3CCC(Cc4ccccc4)CC3)n2)cc1Cl. The number of benzene rings is 2. The van der Waals surface area contributed by atoms with Gasteiger partial charge in [-0.1, -0.05) is 53.7 Å². The van der Waals surface area contributed by atoms with E-state index in [9.17, 15) is 4.79 Å². The van der Waals surface area contributed by atoms with E-state index in [4.69, 9.17) is 16.3 Å². The fourth-order valence-corrected chi connectivity index (χ4v) is 4.85. The number of thioether (sulfide) groups is 1. The minimum absolute atomic E-state index is 0.142. The molecule has 0 atom stereocenters. The zero-order valence-electron chi connectivity index (χ0n) is 18.5. The van der Waals surface area contributed by atoms with Gasteiger partial charge >= 0.3 is 0 Å². The number of hydrogen-bond acceptors (Lipinski definition) is 6. The van der Waals surface area contributed by atoms with Crippen LogP contribution in [0.3, 0.4) is 0 Å². The molecule has 1 N–H and O–H groups in total. The summed E-state index contributed by atoms with van der Waals surface area (Å²) in [5, 5.41) is 3.89. The third-order valence-electron chi connectivity index (χ3n) is 5.69. The summed E-state index contributed by atoms with van der Waals surface area (Å²) >= 11 is 7.44. The van der Waals surface area contributed by atoms with Crippen molar-refractivity contribution in [3.8, 4) is 5.75 Å². The van der Waals surface area contributed by atoms with Crippen molar-refractivity contribution >= 4 is 40.8 Å². The average molecular weight is 483 g/mol. The van der Waals surface area contributed by atoms with Crippen LogP contribution in [0.5, 0.6) is 5.75 Å². The molecular weight excluding hydrogens is 456 g/mol. The molecule has 8 heteroatoms. The van der Waals surface area contributed by atoms with Crippen molar-refractivity contribution < 1.29 is 9.53 Å². The van der Waals surface area contributed by atoms with E-state index >= 15 is 0 Å². The summed E-state index contributed by atoms with van der Waals surface area (Å²) in [6, 6.07) is 17.8. The zero-order chi connectivity index (χ0) is 23.0. The van der Waals surface area contributed by atoms with Crippen LogP contribution in [0.4, 0.5) is 11.5 Å². The first-order valence-corrected chi connectivity index (χ1v) is 12.3. The van der Waals surface area contributed by atoms with E-state index in [1.165, 1.54) is 17.3 Å². The second-order valence-electron chi connectivity index (χ2n) is 8.00. The standard InChI is InChI=1S/C25H27ClN4O2S/c1-32-22-8-7-20(16-21(22)26)28-24(31)17-33-25-27-12-9-23(29-25)30-13-10-19(11-14-30)15-18-5-3-2-4-6-18/h2-9,12,16,19H,10-11,13-15,17H2,1H3,(H,28,31). The Labute approximate surface area is 203 Å². The largest absolute Gasteiger partial charge is 0.495 e. The highest BCUT2D eigenvalue weighted by atomic mass is 35.5. The first-order valence-electron chi connectivity index (χ1n) is 11.0. The molecule has 0 spiro atoms. The van der Waals surface area contributed by atoms with Crippen LogP contribution in [-0.4, -0.2) is 41.8 Å². The molecule has 1 amide bonds. The number of amides is 1. The highest BCUT2D eigenvalue weighted by Crippen LogP contribution is 2.28. The second-order valence-corrected chi connectivity index (χ2v) is 9.35. The Bertz CT molecular complexity index is 1080. The lowest BCUT2D eigenvalue weighted by atomic mass is 9.90. The summed E-state index contributed by atoms with van der Waals surface area (Å²) in [4.78, 5) is 23.7. The van der Waals surface area contributed by atoms with E-state index in [2.05, 4.69) is 50.5 Å². The molecule has 0 saturated carbocycles. The third kappa shape index (κ3) is 6.62. The molecule has 172 valence electrons. The molecule has 1 saturated heterocycles. The summed E-state index contributed by atoms with van der Waals surface area (Å²) < 4.78 is 5.13. The number of nitrogens with zero attached hydrogens (tertiary/aromatic N) is 3. The molecule has 2 aromatic carbocycles. The van der Waals surface area contributed by atoms with Gasteiger partial charge in [0.1, 0.15) is 11.6 Å². The fraction of sp³-hybridized carbons (Fsp3) is 0.320. The van der Waals surface area contributed by atoms with Gasteiger partial charge in [0.2, 0.25) is 5.91 Å². The van der Waals surface area contributed by atoms with E-state index in [1.807, 2.05) is 6.07 Å². The molecule has 6 nitrogen and oxygen atoms in total. The molecule has 1 aliphatic heterocycles. The number of carbonyl (C=O) groups excluding carboxylic acids is 1. The van der Waals surface area contributed by atoms with Crippen LogP contribution in [0.2, 0.25) is 5.02 Å². The van der Waals surface area contributed by atoms with Gasteiger partial charge in [0.05, 0.1) is 17.9 Å². The molecule has 3 aromatic rings. The molecule has 33 heavy (non-hydrogen) atoms. The number of nitrogens with one attached hydrogen (secondary N) is 1. The Morgan fingerprint density at radius 1 is 1.18 bits per heavy atom. The van der Waals surface area contributed by atoms with Gasteiger partial charge < -0.3 is 15.0 Å². The van der Waals surface area contributed by atoms with Gasteiger partial charge in [0.15, 0.2) is 5.16 Å². The molecule has 0 radical (unpaired) electrons. The smallest absolute Gasteiger partial charge is 0.234 e. The molecule has 0 aliphatic carbocycles. The predicted molar refractivity (Wildman–Crippen MR) is 134 cm³/mol. The highest BCUT2D eigenvalue weighted by Gasteiger charge is 2.21. The number of carbonyl (C=O) groups is 1. The molecule has 4 rings (SSSR count). The van der Waals surface area contributed by atoms with Gasteiger partial charge in [-0.25, -0.2) is 9.97 Å². The number of hydrogen-bond donors (Lipinski definition) is 1. The van der Waals surface area contributed by atoms with E-state index in [1.54, 1.807) is 31.5 Å². The minimum Gasteiger partial charge on any atom is -0.495 e. The van der Waals surface area contributed by atoms with Gasteiger partial charge in [-0.3, -0.25) is 4.79 Å². The van der Waals surface area contributed by atoms with Crippen molar-refractivity contribution in [2.75, 3.05) is 36.2 Å². The summed E-state index contributed by atoms with van der Waals surface area (Å²) in [5.41, 5.74) is 2.03. The van der Waals surface area contributed by atoms with Crippen LogP contribution < -0.4 is 15.0 Å². The molecule has 0 bridgehead atoms. The van der Waals surface area contributed by atoms with Gasteiger partial charge in [-0.05, 0) is 55.0 Å². The number of aromatic nitrogens is 2. The number of rotatable bonds is 8. The Kier molecular flexibility index (Phi) is 8.07. The molecule has 0 unspecified atom stereocenters. The number of halogens is 1. The summed E-state index contributed by atoms with van der Waals surface area (Å²) in [6.45, 7) is 1.97. The van der Waals surface area contributed by atoms with Crippen molar-refractivity contribution in [3.63, 3.8) is 0 Å². The lowest BCUT2D eigenvalue weighted by Crippen LogP contribution is -2.35. The zero-order valence-corrected chi connectivity index (χ0v) is 20.1. The van der Waals surface area contributed by atoms with Gasteiger partial charge in [0.25, 0.3) is 0 Å². The summed E-state index contributed by atoms with van der Waals surface area (Å²) in [5.74, 6) is 2.27. The Morgan fingerprint density at radius 2 is 1.97 bits per heavy atom. The number of methoxy groups -OCH3 is 1. The van der Waals surface area contributed by atoms with Crippen LogP contribution >= 0.6 is 23.4 Å². The predicted octanol–water partition coefficient (Wildman–Crippen LogP) is 5.33. The maximum atomic E-state index is 12.4. The van der Waals surface area contributed by atoms with Gasteiger partial charge in [-0.15, -0.1) is 0 Å². The maximum absolute atomic E-state index is 12.4. The van der Waals surface area contributed by atoms with Crippen LogP contribution in [0.25, 0.3) is 0 Å². The topological polar surface area (TPSA) is 67.3 Å². The molecule has 1 aliphatic rings. The number of anilines is 2. The molecule has 1 fully saturated rings. The quantitative estimate of drug-likeness (QED) is 0.346. The Balaban J connectivity index is 1.26. The first kappa shape index (κ1) is 23.4. The fourth-order valence-electron chi connectivity index (χ4n) is 3.96. The third-order valence-corrected chi connectivity index (χ3v) is 6.85. The van der Waals surface area contributed by atoms with E-state index < -0.39 is 0 Å². The van der Waals surface area contributed by atoms with Crippen molar-refractivity contribution in [1.29, 1.82) is 0 Å². The maximum Gasteiger partial charge on any atom is 0.234 e. The van der Waals surface area contributed by atoms with Crippen LogP contribution in [-0.2, 0) is 11.2 Å². The van der Waals surface area contributed by atoms with Crippen molar-refractivity contribution in [2.24, 2.45) is 5.92 Å². The van der Waals surface area contributed by atoms with Crippen LogP contribution in [0, 0.1) is 5.92 Å². The number of piperidine rings is 1. The molecular formula is C25H27ClN4O2S. The Morgan fingerprint density at radius 3 is 2.70 bits per heavy atom. The Hall–Kier alpha value is -2.77. The van der Waals surface area contributed by atoms with Crippen LogP contribution in [0.15, 0.2) is 66.0 Å².